The minimum Gasteiger partial charge on any atom is -0.364 e. The second-order valence-corrected chi connectivity index (χ2v) is 5.92. The van der Waals surface area contributed by atoms with Crippen LogP contribution in [0.1, 0.15) is 27.7 Å². The van der Waals surface area contributed by atoms with Gasteiger partial charge in [0.15, 0.2) is 0 Å². The molecule has 3 nitrogen and oxygen atoms in total. The van der Waals surface area contributed by atoms with E-state index in [2.05, 4.69) is 49.0 Å². The molecule has 0 spiro atoms. The second-order valence-electron chi connectivity index (χ2n) is 5.92. The number of nitrogens with zero attached hydrogens (tertiary/aromatic N) is 2. The summed E-state index contributed by atoms with van der Waals surface area (Å²) < 4.78 is 0. The third kappa shape index (κ3) is 2.78. The Morgan fingerprint density at radius 3 is 2.82 bits per heavy atom. The summed E-state index contributed by atoms with van der Waals surface area (Å²) in [7, 11) is 0. The van der Waals surface area contributed by atoms with Gasteiger partial charge in [-0.1, -0.05) is 13.8 Å². The van der Waals surface area contributed by atoms with Crippen molar-refractivity contribution >= 4 is 5.69 Å². The van der Waals surface area contributed by atoms with E-state index in [0.717, 1.165) is 13.1 Å². The van der Waals surface area contributed by atoms with Crippen molar-refractivity contribution < 1.29 is 0 Å². The number of rotatable bonds is 2. The standard InChI is InChI=1S/C14H23N3/c1-11(2)13-9-16-14(3,4)10-17(13)12-6-5-7-15-8-12/h5-8,11,13,16H,9-10H2,1-4H3. The highest BCUT2D eigenvalue weighted by Gasteiger charge is 2.33. The van der Waals surface area contributed by atoms with Gasteiger partial charge in [-0.15, -0.1) is 0 Å². The minimum atomic E-state index is 0.168. The maximum absolute atomic E-state index is 4.24. The molecular formula is C14H23N3. The first-order valence-corrected chi connectivity index (χ1v) is 6.41. The summed E-state index contributed by atoms with van der Waals surface area (Å²) >= 11 is 0. The maximum atomic E-state index is 4.24. The molecule has 0 saturated carbocycles. The summed E-state index contributed by atoms with van der Waals surface area (Å²) in [5, 5.41) is 3.63. The van der Waals surface area contributed by atoms with E-state index in [1.165, 1.54) is 5.69 Å². The molecule has 1 fully saturated rings. The summed E-state index contributed by atoms with van der Waals surface area (Å²) in [5.41, 5.74) is 1.40. The Hall–Kier alpha value is -1.09. The predicted octanol–water partition coefficient (Wildman–Crippen LogP) is 2.29. The Bertz CT molecular complexity index is 359. The van der Waals surface area contributed by atoms with Crippen LogP contribution < -0.4 is 10.2 Å². The quantitative estimate of drug-likeness (QED) is 0.849. The third-order valence-electron chi connectivity index (χ3n) is 3.50. The molecule has 1 aromatic heterocycles. The molecule has 2 rings (SSSR count). The molecule has 0 aromatic carbocycles. The number of anilines is 1. The lowest BCUT2D eigenvalue weighted by Crippen LogP contribution is -2.63. The summed E-state index contributed by atoms with van der Waals surface area (Å²) in [6.07, 6.45) is 3.80. The Labute approximate surface area is 104 Å². The predicted molar refractivity (Wildman–Crippen MR) is 72.3 cm³/mol. The number of pyridine rings is 1. The number of hydrogen-bond donors (Lipinski definition) is 1. The molecule has 1 N–H and O–H groups in total. The zero-order valence-corrected chi connectivity index (χ0v) is 11.3. The van der Waals surface area contributed by atoms with E-state index in [9.17, 15) is 0 Å². The molecule has 1 saturated heterocycles. The molecule has 1 aliphatic heterocycles. The molecule has 3 heteroatoms. The van der Waals surface area contributed by atoms with E-state index in [0.29, 0.717) is 12.0 Å². The molecule has 1 aliphatic rings. The molecule has 0 amide bonds. The van der Waals surface area contributed by atoms with Crippen LogP contribution in [-0.4, -0.2) is 29.7 Å². The van der Waals surface area contributed by atoms with Crippen molar-refractivity contribution in [2.45, 2.75) is 39.3 Å². The fraction of sp³-hybridized carbons (Fsp3) is 0.643. The lowest BCUT2D eigenvalue weighted by Gasteiger charge is -2.47. The van der Waals surface area contributed by atoms with E-state index in [1.54, 1.807) is 0 Å². The van der Waals surface area contributed by atoms with Gasteiger partial charge in [-0.3, -0.25) is 4.98 Å². The van der Waals surface area contributed by atoms with E-state index in [1.807, 2.05) is 18.5 Å². The summed E-state index contributed by atoms with van der Waals surface area (Å²) in [4.78, 5) is 6.73. The van der Waals surface area contributed by atoms with Crippen molar-refractivity contribution in [3.63, 3.8) is 0 Å². The summed E-state index contributed by atoms with van der Waals surface area (Å²) in [6, 6.07) is 4.72. The molecule has 17 heavy (non-hydrogen) atoms. The fourth-order valence-corrected chi connectivity index (χ4v) is 2.49. The fourth-order valence-electron chi connectivity index (χ4n) is 2.49. The molecule has 1 unspecified atom stereocenters. The molecule has 1 aromatic rings. The Balaban J connectivity index is 2.26. The molecule has 2 heterocycles. The van der Waals surface area contributed by atoms with Crippen molar-refractivity contribution in [3.8, 4) is 0 Å². The topological polar surface area (TPSA) is 28.2 Å². The minimum absolute atomic E-state index is 0.168. The molecule has 0 aliphatic carbocycles. The normalized spacial score (nSPS) is 24.1. The average molecular weight is 233 g/mol. The van der Waals surface area contributed by atoms with Gasteiger partial charge in [0.05, 0.1) is 11.9 Å². The van der Waals surface area contributed by atoms with Gasteiger partial charge in [-0.2, -0.15) is 0 Å². The van der Waals surface area contributed by atoms with E-state index in [4.69, 9.17) is 0 Å². The highest BCUT2D eigenvalue weighted by atomic mass is 15.3. The Kier molecular flexibility index (Phi) is 3.38. The monoisotopic (exact) mass is 233 g/mol. The largest absolute Gasteiger partial charge is 0.364 e. The molecule has 94 valence electrons. The van der Waals surface area contributed by atoms with E-state index in [-0.39, 0.29) is 5.54 Å². The Morgan fingerprint density at radius 2 is 2.24 bits per heavy atom. The first-order chi connectivity index (χ1) is 7.99. The van der Waals surface area contributed by atoms with Crippen LogP contribution in [0, 0.1) is 5.92 Å². The molecule has 0 radical (unpaired) electrons. The van der Waals surface area contributed by atoms with Crippen molar-refractivity contribution in [1.29, 1.82) is 0 Å². The van der Waals surface area contributed by atoms with Crippen molar-refractivity contribution in [1.82, 2.24) is 10.3 Å². The SMILES string of the molecule is CC(C)C1CNC(C)(C)CN1c1cccnc1. The van der Waals surface area contributed by atoms with Gasteiger partial charge in [-0.25, -0.2) is 0 Å². The smallest absolute Gasteiger partial charge is 0.0556 e. The zero-order chi connectivity index (χ0) is 12.5. The zero-order valence-electron chi connectivity index (χ0n) is 11.3. The van der Waals surface area contributed by atoms with Gasteiger partial charge < -0.3 is 10.2 Å². The van der Waals surface area contributed by atoms with Crippen molar-refractivity contribution in [3.05, 3.63) is 24.5 Å². The van der Waals surface area contributed by atoms with Gasteiger partial charge >= 0.3 is 0 Å². The summed E-state index contributed by atoms with van der Waals surface area (Å²) in [5.74, 6) is 0.638. The van der Waals surface area contributed by atoms with E-state index < -0.39 is 0 Å². The van der Waals surface area contributed by atoms with Crippen LogP contribution in [0.25, 0.3) is 0 Å². The lowest BCUT2D eigenvalue weighted by molar-refractivity contribution is 0.277. The van der Waals surface area contributed by atoms with Gasteiger partial charge in [0, 0.05) is 30.9 Å². The maximum Gasteiger partial charge on any atom is 0.0556 e. The van der Waals surface area contributed by atoms with Crippen molar-refractivity contribution in [2.75, 3.05) is 18.0 Å². The number of aromatic nitrogens is 1. The van der Waals surface area contributed by atoms with Crippen LogP contribution in [0.15, 0.2) is 24.5 Å². The highest BCUT2D eigenvalue weighted by molar-refractivity contribution is 5.46. The van der Waals surface area contributed by atoms with Crippen LogP contribution >= 0.6 is 0 Å². The van der Waals surface area contributed by atoms with Crippen LogP contribution in [0.5, 0.6) is 0 Å². The van der Waals surface area contributed by atoms with Crippen LogP contribution in [0.4, 0.5) is 5.69 Å². The van der Waals surface area contributed by atoms with Crippen LogP contribution in [0.3, 0.4) is 0 Å². The third-order valence-corrected chi connectivity index (χ3v) is 3.50. The van der Waals surface area contributed by atoms with E-state index >= 15 is 0 Å². The van der Waals surface area contributed by atoms with Gasteiger partial charge in [0.25, 0.3) is 0 Å². The van der Waals surface area contributed by atoms with Crippen molar-refractivity contribution in [2.24, 2.45) is 5.92 Å². The lowest BCUT2D eigenvalue weighted by atomic mass is 9.92. The first-order valence-electron chi connectivity index (χ1n) is 6.41. The van der Waals surface area contributed by atoms with Crippen LogP contribution in [-0.2, 0) is 0 Å². The van der Waals surface area contributed by atoms with Gasteiger partial charge in [0.1, 0.15) is 0 Å². The van der Waals surface area contributed by atoms with Gasteiger partial charge in [-0.05, 0) is 31.9 Å². The molecular weight excluding hydrogens is 210 g/mol. The van der Waals surface area contributed by atoms with Crippen LogP contribution in [0.2, 0.25) is 0 Å². The number of piperazine rings is 1. The molecule has 0 bridgehead atoms. The average Bonchev–Trinajstić information content (AvgIpc) is 2.28. The summed E-state index contributed by atoms with van der Waals surface area (Å²) in [6.45, 7) is 11.2. The number of hydrogen-bond acceptors (Lipinski definition) is 3. The first kappa shape index (κ1) is 12.4. The highest BCUT2D eigenvalue weighted by Crippen LogP contribution is 2.25. The number of nitrogens with one attached hydrogen (secondary N) is 1. The van der Waals surface area contributed by atoms with Gasteiger partial charge in [0.2, 0.25) is 0 Å². The molecule has 1 atom stereocenters. The second kappa shape index (κ2) is 4.65. The Morgan fingerprint density at radius 1 is 1.47 bits per heavy atom.